The highest BCUT2D eigenvalue weighted by Crippen LogP contribution is 2.30. The minimum Gasteiger partial charge on any atom is -0.466 e. The Morgan fingerprint density at radius 2 is 1.87 bits per heavy atom. The molecule has 2 aliphatic rings. The van der Waals surface area contributed by atoms with E-state index in [9.17, 15) is 14.4 Å². The minimum absolute atomic E-state index is 0.0564. The van der Waals surface area contributed by atoms with Crippen LogP contribution in [0.2, 0.25) is 0 Å². The Morgan fingerprint density at radius 1 is 1.16 bits per heavy atom. The van der Waals surface area contributed by atoms with Gasteiger partial charge in [0.1, 0.15) is 11.5 Å². The summed E-state index contributed by atoms with van der Waals surface area (Å²) in [6.07, 6.45) is 0.928. The van der Waals surface area contributed by atoms with Crippen LogP contribution in [0.5, 0.6) is 0 Å². The molecule has 0 atom stereocenters. The number of amides is 2. The van der Waals surface area contributed by atoms with E-state index in [1.54, 1.807) is 23.6 Å². The van der Waals surface area contributed by atoms with Crippen LogP contribution in [0, 0.1) is 0 Å². The Bertz CT molecular complexity index is 835. The summed E-state index contributed by atoms with van der Waals surface area (Å²) in [7, 11) is 0. The second kappa shape index (κ2) is 9.93. The highest BCUT2D eigenvalue weighted by molar-refractivity contribution is 5.98. The summed E-state index contributed by atoms with van der Waals surface area (Å²) < 4.78 is 4.97. The molecule has 10 heteroatoms. The van der Waals surface area contributed by atoms with E-state index in [1.165, 1.54) is 0 Å². The average Bonchev–Trinajstić information content (AvgIpc) is 3.08. The van der Waals surface area contributed by atoms with Crippen molar-refractivity contribution >= 4 is 29.5 Å². The van der Waals surface area contributed by atoms with E-state index in [0.717, 1.165) is 5.56 Å². The molecule has 2 aliphatic heterocycles. The molecule has 0 aliphatic carbocycles. The summed E-state index contributed by atoms with van der Waals surface area (Å²) in [5, 5.41) is 3.30. The second-order valence-electron chi connectivity index (χ2n) is 8.05. The first-order valence-corrected chi connectivity index (χ1v) is 10.9. The number of anilines is 2. The molecular weight excluding hydrogens is 400 g/mol. The van der Waals surface area contributed by atoms with E-state index in [2.05, 4.69) is 10.3 Å². The number of aromatic nitrogens is 2. The molecule has 0 saturated carbocycles. The van der Waals surface area contributed by atoms with Crippen molar-refractivity contribution in [3.05, 3.63) is 11.3 Å². The smallest absolute Gasteiger partial charge is 0.305 e. The quantitative estimate of drug-likeness (QED) is 0.483. The van der Waals surface area contributed by atoms with Gasteiger partial charge in [0.05, 0.1) is 13.2 Å². The maximum absolute atomic E-state index is 12.9. The number of carbonyl (C=O) groups is 3. The van der Waals surface area contributed by atoms with Crippen molar-refractivity contribution in [3.63, 3.8) is 0 Å². The van der Waals surface area contributed by atoms with E-state index in [0.29, 0.717) is 76.2 Å². The predicted molar refractivity (Wildman–Crippen MR) is 116 cm³/mol. The van der Waals surface area contributed by atoms with E-state index in [4.69, 9.17) is 9.72 Å². The molecule has 3 rings (SSSR count). The monoisotopic (exact) mass is 432 g/mol. The van der Waals surface area contributed by atoms with Crippen LogP contribution in [0.15, 0.2) is 0 Å². The van der Waals surface area contributed by atoms with Crippen LogP contribution in [0.3, 0.4) is 0 Å². The first-order valence-electron chi connectivity index (χ1n) is 10.9. The molecule has 0 aromatic carbocycles. The molecule has 1 aromatic rings. The Kier molecular flexibility index (Phi) is 7.29. The van der Waals surface area contributed by atoms with Gasteiger partial charge >= 0.3 is 5.97 Å². The Hall–Kier alpha value is -2.91. The van der Waals surface area contributed by atoms with Gasteiger partial charge in [0.25, 0.3) is 5.91 Å². The number of rotatable bonds is 8. The van der Waals surface area contributed by atoms with Crippen molar-refractivity contribution in [2.45, 2.75) is 53.1 Å². The SMILES string of the molecule is CCOC(=O)CCCNc1nc(N2CCN(C(C)=O)CC2)nc2c1CN(C(C)C)C2=O. The summed E-state index contributed by atoms with van der Waals surface area (Å²) in [6.45, 7) is 11.1. The van der Waals surface area contributed by atoms with E-state index in [1.807, 2.05) is 18.7 Å². The Labute approximate surface area is 182 Å². The van der Waals surface area contributed by atoms with Crippen LogP contribution >= 0.6 is 0 Å². The Morgan fingerprint density at radius 3 is 2.48 bits per heavy atom. The number of esters is 1. The van der Waals surface area contributed by atoms with Crippen molar-refractivity contribution in [1.29, 1.82) is 0 Å². The summed E-state index contributed by atoms with van der Waals surface area (Å²) >= 11 is 0. The third-order valence-electron chi connectivity index (χ3n) is 5.57. The molecule has 1 N–H and O–H groups in total. The number of hydrogen-bond donors (Lipinski definition) is 1. The van der Waals surface area contributed by atoms with E-state index in [-0.39, 0.29) is 23.8 Å². The zero-order valence-corrected chi connectivity index (χ0v) is 18.8. The number of carbonyl (C=O) groups excluding carboxylic acids is 3. The summed E-state index contributed by atoms with van der Waals surface area (Å²) in [5.41, 5.74) is 1.22. The molecule has 10 nitrogen and oxygen atoms in total. The average molecular weight is 433 g/mol. The third kappa shape index (κ3) is 5.23. The van der Waals surface area contributed by atoms with Gasteiger partial charge in [-0.05, 0) is 27.2 Å². The lowest BCUT2D eigenvalue weighted by molar-refractivity contribution is -0.143. The molecule has 3 heterocycles. The molecule has 0 radical (unpaired) electrons. The number of ether oxygens (including phenoxy) is 1. The minimum atomic E-state index is -0.220. The van der Waals surface area contributed by atoms with Crippen LogP contribution in [0.4, 0.5) is 11.8 Å². The third-order valence-corrected chi connectivity index (χ3v) is 5.57. The first kappa shape index (κ1) is 22.8. The van der Waals surface area contributed by atoms with Gasteiger partial charge in [-0.25, -0.2) is 4.98 Å². The number of hydrogen-bond acceptors (Lipinski definition) is 8. The fourth-order valence-corrected chi connectivity index (χ4v) is 3.78. The molecule has 2 amide bonds. The number of fused-ring (bicyclic) bond motifs is 1. The summed E-state index contributed by atoms with van der Waals surface area (Å²) in [5.74, 6) is 0.873. The zero-order chi connectivity index (χ0) is 22.5. The largest absolute Gasteiger partial charge is 0.466 e. The van der Waals surface area contributed by atoms with Gasteiger partial charge in [0, 0.05) is 57.7 Å². The van der Waals surface area contributed by atoms with Gasteiger partial charge in [-0.3, -0.25) is 14.4 Å². The number of nitrogens with zero attached hydrogens (tertiary/aromatic N) is 5. The summed E-state index contributed by atoms with van der Waals surface area (Å²) in [4.78, 5) is 51.0. The van der Waals surface area contributed by atoms with Gasteiger partial charge in [-0.15, -0.1) is 0 Å². The fourth-order valence-electron chi connectivity index (χ4n) is 3.78. The zero-order valence-electron chi connectivity index (χ0n) is 18.8. The standard InChI is InChI=1S/C21H32N6O4/c1-5-31-17(29)7-6-8-22-19-16-13-27(14(2)3)20(30)18(16)23-21(24-19)26-11-9-25(10-12-26)15(4)28/h14H,5-13H2,1-4H3,(H,22,23,24). The molecule has 0 unspecified atom stereocenters. The second-order valence-corrected chi connectivity index (χ2v) is 8.05. The Balaban J connectivity index is 1.77. The molecule has 0 bridgehead atoms. The lowest BCUT2D eigenvalue weighted by Gasteiger charge is -2.34. The maximum Gasteiger partial charge on any atom is 0.305 e. The van der Waals surface area contributed by atoms with Crippen molar-refractivity contribution in [2.75, 3.05) is 49.5 Å². The lowest BCUT2D eigenvalue weighted by atomic mass is 10.2. The first-order chi connectivity index (χ1) is 14.8. The molecule has 1 aromatic heterocycles. The van der Waals surface area contributed by atoms with Gasteiger partial charge in [0.2, 0.25) is 11.9 Å². The maximum atomic E-state index is 12.9. The van der Waals surface area contributed by atoms with Gasteiger partial charge in [-0.2, -0.15) is 4.98 Å². The number of piperazine rings is 1. The topological polar surface area (TPSA) is 108 Å². The number of nitrogens with one attached hydrogen (secondary N) is 1. The molecule has 1 fully saturated rings. The molecule has 0 spiro atoms. The van der Waals surface area contributed by atoms with Crippen LogP contribution in [0.1, 0.15) is 56.6 Å². The predicted octanol–water partition coefficient (Wildman–Crippen LogP) is 1.26. The van der Waals surface area contributed by atoms with Crippen molar-refractivity contribution in [3.8, 4) is 0 Å². The van der Waals surface area contributed by atoms with Gasteiger partial charge in [0.15, 0.2) is 0 Å². The van der Waals surface area contributed by atoms with Crippen LogP contribution in [0.25, 0.3) is 0 Å². The van der Waals surface area contributed by atoms with Crippen molar-refractivity contribution in [1.82, 2.24) is 19.8 Å². The van der Waals surface area contributed by atoms with E-state index >= 15 is 0 Å². The normalized spacial score (nSPS) is 16.0. The highest BCUT2D eigenvalue weighted by atomic mass is 16.5. The highest BCUT2D eigenvalue weighted by Gasteiger charge is 2.35. The van der Waals surface area contributed by atoms with Gasteiger partial charge in [-0.1, -0.05) is 0 Å². The van der Waals surface area contributed by atoms with Crippen LogP contribution < -0.4 is 10.2 Å². The molecule has 1 saturated heterocycles. The van der Waals surface area contributed by atoms with Crippen molar-refractivity contribution < 1.29 is 19.1 Å². The molecular formula is C21H32N6O4. The summed E-state index contributed by atoms with van der Waals surface area (Å²) in [6, 6.07) is 0.0564. The van der Waals surface area contributed by atoms with Crippen molar-refractivity contribution in [2.24, 2.45) is 0 Å². The fraction of sp³-hybridized carbons (Fsp3) is 0.667. The molecule has 170 valence electrons. The molecule has 31 heavy (non-hydrogen) atoms. The van der Waals surface area contributed by atoms with Gasteiger partial charge < -0.3 is 24.8 Å². The van der Waals surface area contributed by atoms with E-state index < -0.39 is 0 Å². The van der Waals surface area contributed by atoms with Crippen LogP contribution in [-0.4, -0.2) is 82.9 Å². The lowest BCUT2D eigenvalue weighted by Crippen LogP contribution is -2.48. The van der Waals surface area contributed by atoms with Crippen LogP contribution in [-0.2, 0) is 20.9 Å².